The van der Waals surface area contributed by atoms with Crippen LogP contribution in [0.2, 0.25) is 0 Å². The van der Waals surface area contributed by atoms with Gasteiger partial charge in [-0.1, -0.05) is 18.2 Å². The Hall–Kier alpha value is -2.68. The number of hydrogen-bond donors (Lipinski definition) is 2. The van der Waals surface area contributed by atoms with Crippen molar-refractivity contribution in [1.29, 1.82) is 0 Å². The number of aromatic nitrogens is 4. The zero-order valence-electron chi connectivity index (χ0n) is 15.1. The lowest BCUT2D eigenvalue weighted by Crippen LogP contribution is -2.43. The quantitative estimate of drug-likeness (QED) is 0.648. The predicted molar refractivity (Wildman–Crippen MR) is 98.8 cm³/mol. The highest BCUT2D eigenvalue weighted by Crippen LogP contribution is 2.19. The van der Waals surface area contributed by atoms with Crippen molar-refractivity contribution in [1.82, 2.24) is 24.9 Å². The van der Waals surface area contributed by atoms with Gasteiger partial charge in [0.1, 0.15) is 12.2 Å². The summed E-state index contributed by atoms with van der Waals surface area (Å²) in [7, 11) is 1.81. The zero-order chi connectivity index (χ0) is 18.6. The molecule has 1 unspecified atom stereocenters. The van der Waals surface area contributed by atoms with E-state index in [0.717, 1.165) is 11.4 Å². The van der Waals surface area contributed by atoms with Crippen LogP contribution in [0.15, 0.2) is 55.0 Å². The van der Waals surface area contributed by atoms with Crippen molar-refractivity contribution < 1.29 is 14.6 Å². The van der Waals surface area contributed by atoms with Crippen molar-refractivity contribution in [2.75, 3.05) is 19.8 Å². The molecule has 0 amide bonds. The molecule has 8 heteroatoms. The van der Waals surface area contributed by atoms with Crippen molar-refractivity contribution in [2.24, 2.45) is 7.05 Å². The van der Waals surface area contributed by atoms with Gasteiger partial charge in [0.05, 0.1) is 43.0 Å². The maximum Gasteiger partial charge on any atom is 0.158 e. The van der Waals surface area contributed by atoms with E-state index in [9.17, 15) is 5.11 Å². The topological polar surface area (TPSA) is 86.4 Å². The number of aryl methyl sites for hydroxylation is 1. The normalized spacial score (nSPS) is 20.7. The summed E-state index contributed by atoms with van der Waals surface area (Å²) in [5, 5.41) is 22.1. The summed E-state index contributed by atoms with van der Waals surface area (Å²) < 4.78 is 15.1. The maximum absolute atomic E-state index is 10.3. The van der Waals surface area contributed by atoms with Gasteiger partial charge in [0.2, 0.25) is 0 Å². The number of nitrogens with one attached hydrogen (secondary N) is 1. The molecule has 3 aromatic rings. The summed E-state index contributed by atoms with van der Waals surface area (Å²) in [5.74, 6) is 0.688. The lowest BCUT2D eigenvalue weighted by Gasteiger charge is -2.21. The van der Waals surface area contributed by atoms with E-state index < -0.39 is 6.10 Å². The molecule has 2 aromatic heterocycles. The van der Waals surface area contributed by atoms with Crippen LogP contribution in [-0.2, 0) is 11.8 Å². The Kier molecular flexibility index (Phi) is 5.19. The van der Waals surface area contributed by atoms with Crippen LogP contribution in [0.4, 0.5) is 0 Å². The van der Waals surface area contributed by atoms with Gasteiger partial charge in [0, 0.05) is 19.8 Å². The standard InChI is InChI=1S/C19H23N5O3/c1-23-17(7-8-21-23)18(25)10-20-16-12-26-13-19(16)27-15-9-22-24(11-15)14-5-3-2-4-6-14/h2-9,11,16,18-20,25H,10,12-13H2,1H3/t16-,18?,19+/m1/s1. The van der Waals surface area contributed by atoms with Crippen molar-refractivity contribution in [3.63, 3.8) is 0 Å². The Morgan fingerprint density at radius 3 is 2.89 bits per heavy atom. The number of para-hydroxylation sites is 1. The molecule has 1 aliphatic heterocycles. The first-order chi connectivity index (χ1) is 13.2. The van der Waals surface area contributed by atoms with Gasteiger partial charge in [-0.3, -0.25) is 4.68 Å². The fourth-order valence-corrected chi connectivity index (χ4v) is 3.18. The first-order valence-corrected chi connectivity index (χ1v) is 8.94. The second-order valence-corrected chi connectivity index (χ2v) is 6.56. The summed E-state index contributed by atoms with van der Waals surface area (Å²) >= 11 is 0. The number of benzene rings is 1. The third-order valence-corrected chi connectivity index (χ3v) is 4.67. The van der Waals surface area contributed by atoms with Gasteiger partial charge >= 0.3 is 0 Å². The molecule has 0 radical (unpaired) electrons. The summed E-state index contributed by atoms with van der Waals surface area (Å²) in [4.78, 5) is 0. The predicted octanol–water partition coefficient (Wildman–Crippen LogP) is 1.08. The van der Waals surface area contributed by atoms with E-state index in [1.807, 2.05) is 49.6 Å². The van der Waals surface area contributed by atoms with Crippen LogP contribution in [0, 0.1) is 0 Å². The molecule has 4 rings (SSSR count). The molecule has 0 saturated carbocycles. The van der Waals surface area contributed by atoms with E-state index >= 15 is 0 Å². The first-order valence-electron chi connectivity index (χ1n) is 8.94. The maximum atomic E-state index is 10.3. The Bertz CT molecular complexity index is 863. The summed E-state index contributed by atoms with van der Waals surface area (Å²) in [6.07, 6.45) is 4.45. The van der Waals surface area contributed by atoms with Gasteiger partial charge in [0.15, 0.2) is 5.75 Å². The van der Waals surface area contributed by atoms with Crippen LogP contribution in [-0.4, -0.2) is 56.6 Å². The summed E-state index contributed by atoms with van der Waals surface area (Å²) in [5.41, 5.74) is 1.74. The van der Waals surface area contributed by atoms with Crippen LogP contribution < -0.4 is 10.1 Å². The van der Waals surface area contributed by atoms with Crippen LogP contribution in [0.5, 0.6) is 5.75 Å². The van der Waals surface area contributed by atoms with Gasteiger partial charge in [0.25, 0.3) is 0 Å². The Labute approximate surface area is 157 Å². The van der Waals surface area contributed by atoms with Gasteiger partial charge in [-0.2, -0.15) is 10.2 Å². The Balaban J connectivity index is 1.35. The summed E-state index contributed by atoms with van der Waals surface area (Å²) in [6, 6.07) is 11.7. The number of ether oxygens (including phenoxy) is 2. The second kappa shape index (κ2) is 7.91. The lowest BCUT2D eigenvalue weighted by atomic mass is 10.2. The van der Waals surface area contributed by atoms with Gasteiger partial charge in [-0.05, 0) is 18.2 Å². The van der Waals surface area contributed by atoms with Crippen molar-refractivity contribution in [2.45, 2.75) is 18.2 Å². The minimum Gasteiger partial charge on any atom is -0.483 e. The fraction of sp³-hybridized carbons (Fsp3) is 0.368. The molecule has 0 bridgehead atoms. The third kappa shape index (κ3) is 4.02. The molecule has 2 N–H and O–H groups in total. The Morgan fingerprint density at radius 1 is 1.26 bits per heavy atom. The molecule has 0 aliphatic carbocycles. The van der Waals surface area contributed by atoms with Crippen molar-refractivity contribution in [3.8, 4) is 11.4 Å². The molecule has 3 atom stereocenters. The molecule has 1 fully saturated rings. The monoisotopic (exact) mass is 369 g/mol. The molecular weight excluding hydrogens is 346 g/mol. The van der Waals surface area contributed by atoms with Crippen LogP contribution >= 0.6 is 0 Å². The van der Waals surface area contributed by atoms with Crippen molar-refractivity contribution in [3.05, 3.63) is 60.7 Å². The van der Waals surface area contributed by atoms with Gasteiger partial charge in [-0.15, -0.1) is 0 Å². The fourth-order valence-electron chi connectivity index (χ4n) is 3.18. The zero-order valence-corrected chi connectivity index (χ0v) is 15.1. The highest BCUT2D eigenvalue weighted by atomic mass is 16.5. The van der Waals surface area contributed by atoms with E-state index in [1.54, 1.807) is 21.8 Å². The summed E-state index contributed by atoms with van der Waals surface area (Å²) in [6.45, 7) is 1.43. The van der Waals surface area contributed by atoms with E-state index in [-0.39, 0.29) is 12.1 Å². The molecule has 1 saturated heterocycles. The molecule has 0 spiro atoms. The molecule has 142 valence electrons. The highest BCUT2D eigenvalue weighted by Gasteiger charge is 2.31. The molecular formula is C19H23N5O3. The molecule has 3 heterocycles. The number of hydrogen-bond acceptors (Lipinski definition) is 6. The average Bonchev–Trinajstić information content (AvgIpc) is 3.42. The van der Waals surface area contributed by atoms with E-state index in [2.05, 4.69) is 15.5 Å². The highest BCUT2D eigenvalue weighted by molar-refractivity contribution is 5.32. The smallest absolute Gasteiger partial charge is 0.158 e. The van der Waals surface area contributed by atoms with E-state index in [0.29, 0.717) is 25.5 Å². The number of aliphatic hydroxyl groups excluding tert-OH is 1. The minimum absolute atomic E-state index is 0.00653. The second-order valence-electron chi connectivity index (χ2n) is 6.56. The van der Waals surface area contributed by atoms with Crippen molar-refractivity contribution >= 4 is 0 Å². The van der Waals surface area contributed by atoms with E-state index in [1.165, 1.54) is 0 Å². The minimum atomic E-state index is -0.639. The largest absolute Gasteiger partial charge is 0.483 e. The number of nitrogens with zero attached hydrogens (tertiary/aromatic N) is 4. The SMILES string of the molecule is Cn1nccc1C(O)CN[C@@H]1COC[C@@H]1Oc1cnn(-c2ccccc2)c1. The van der Waals surface area contributed by atoms with Crippen LogP contribution in [0.25, 0.3) is 5.69 Å². The van der Waals surface area contributed by atoms with Crippen LogP contribution in [0.1, 0.15) is 11.8 Å². The Morgan fingerprint density at radius 2 is 2.11 bits per heavy atom. The van der Waals surface area contributed by atoms with Crippen LogP contribution in [0.3, 0.4) is 0 Å². The molecule has 27 heavy (non-hydrogen) atoms. The number of rotatable bonds is 7. The lowest BCUT2D eigenvalue weighted by molar-refractivity contribution is 0.133. The third-order valence-electron chi connectivity index (χ3n) is 4.67. The van der Waals surface area contributed by atoms with Gasteiger partial charge < -0.3 is 19.9 Å². The van der Waals surface area contributed by atoms with E-state index in [4.69, 9.17) is 9.47 Å². The molecule has 8 nitrogen and oxygen atoms in total. The number of aliphatic hydroxyl groups is 1. The molecule has 1 aliphatic rings. The van der Waals surface area contributed by atoms with Gasteiger partial charge in [-0.25, -0.2) is 4.68 Å². The average molecular weight is 369 g/mol. The first kappa shape index (κ1) is 17.7. The molecule has 1 aromatic carbocycles.